The molecule has 0 spiro atoms. The SMILES string of the molecule is N#Cc1cnn(C2CN(C(=O)Nc3ccc(OC(F)(F)F)cc3)N=C2c2ccc(Cl)cc2)c1. The van der Waals surface area contributed by atoms with E-state index in [-0.39, 0.29) is 12.2 Å². The van der Waals surface area contributed by atoms with Crippen LogP contribution in [0.3, 0.4) is 0 Å². The van der Waals surface area contributed by atoms with Crippen molar-refractivity contribution < 1.29 is 22.7 Å². The molecule has 1 aliphatic rings. The minimum Gasteiger partial charge on any atom is -0.406 e. The van der Waals surface area contributed by atoms with Gasteiger partial charge in [0.2, 0.25) is 0 Å². The number of nitriles is 1. The van der Waals surface area contributed by atoms with Crippen LogP contribution >= 0.6 is 11.6 Å². The second-order valence-corrected chi connectivity index (χ2v) is 7.35. The summed E-state index contributed by atoms with van der Waals surface area (Å²) in [5.41, 5.74) is 1.85. The first-order valence-electron chi connectivity index (χ1n) is 9.45. The Hall–Kier alpha value is -4.04. The molecule has 0 bridgehead atoms. The maximum absolute atomic E-state index is 12.8. The Morgan fingerprint density at radius 1 is 1.18 bits per heavy atom. The lowest BCUT2D eigenvalue weighted by Crippen LogP contribution is -2.31. The molecule has 0 radical (unpaired) electrons. The fourth-order valence-electron chi connectivity index (χ4n) is 3.19. The zero-order valence-corrected chi connectivity index (χ0v) is 17.4. The van der Waals surface area contributed by atoms with Gasteiger partial charge in [0.05, 0.1) is 24.0 Å². The average molecular weight is 475 g/mol. The monoisotopic (exact) mass is 474 g/mol. The Balaban J connectivity index is 1.55. The van der Waals surface area contributed by atoms with Crippen molar-refractivity contribution in [2.75, 3.05) is 11.9 Å². The van der Waals surface area contributed by atoms with Gasteiger partial charge in [-0.1, -0.05) is 23.7 Å². The van der Waals surface area contributed by atoms with Gasteiger partial charge in [0.15, 0.2) is 0 Å². The highest BCUT2D eigenvalue weighted by Crippen LogP contribution is 2.27. The van der Waals surface area contributed by atoms with E-state index in [4.69, 9.17) is 16.9 Å². The van der Waals surface area contributed by atoms with E-state index >= 15 is 0 Å². The van der Waals surface area contributed by atoms with Crippen LogP contribution in [0.5, 0.6) is 5.75 Å². The number of ether oxygens (including phenoxy) is 1. The third kappa shape index (κ3) is 5.24. The minimum absolute atomic E-state index is 0.117. The fourth-order valence-corrected chi connectivity index (χ4v) is 3.32. The number of carbonyl (C=O) groups excluding carboxylic acids is 1. The van der Waals surface area contributed by atoms with Crippen LogP contribution in [0, 0.1) is 11.3 Å². The van der Waals surface area contributed by atoms with Crippen molar-refractivity contribution in [1.29, 1.82) is 5.26 Å². The van der Waals surface area contributed by atoms with E-state index in [0.29, 0.717) is 21.9 Å². The molecule has 12 heteroatoms. The molecule has 0 aliphatic carbocycles. The summed E-state index contributed by atoms with van der Waals surface area (Å²) in [6, 6.07) is 12.6. The smallest absolute Gasteiger partial charge is 0.406 e. The van der Waals surface area contributed by atoms with Crippen LogP contribution < -0.4 is 10.1 Å². The fraction of sp³-hybridized carbons (Fsp3) is 0.143. The third-order valence-corrected chi connectivity index (χ3v) is 4.91. The van der Waals surface area contributed by atoms with Crippen molar-refractivity contribution in [2.45, 2.75) is 12.4 Å². The topological polar surface area (TPSA) is 95.5 Å². The Bertz CT molecular complexity index is 1230. The molecule has 1 atom stereocenters. The van der Waals surface area contributed by atoms with E-state index in [1.165, 1.54) is 23.3 Å². The second-order valence-electron chi connectivity index (χ2n) is 6.91. The molecule has 4 rings (SSSR count). The molecule has 0 saturated heterocycles. The summed E-state index contributed by atoms with van der Waals surface area (Å²) in [4.78, 5) is 12.8. The Morgan fingerprint density at radius 2 is 1.88 bits per heavy atom. The zero-order valence-electron chi connectivity index (χ0n) is 16.6. The number of benzene rings is 2. The molecule has 33 heavy (non-hydrogen) atoms. The summed E-state index contributed by atoms with van der Waals surface area (Å²) in [6.07, 6.45) is -1.84. The van der Waals surface area contributed by atoms with Gasteiger partial charge in [0.1, 0.15) is 17.9 Å². The van der Waals surface area contributed by atoms with Gasteiger partial charge < -0.3 is 10.1 Å². The number of aromatic nitrogens is 2. The minimum atomic E-state index is -4.81. The molecule has 1 aromatic heterocycles. The van der Waals surface area contributed by atoms with Crippen molar-refractivity contribution in [3.8, 4) is 11.8 Å². The molecule has 1 aliphatic heterocycles. The number of nitrogens with zero attached hydrogens (tertiary/aromatic N) is 5. The average Bonchev–Trinajstić information content (AvgIpc) is 3.42. The number of amides is 2. The van der Waals surface area contributed by atoms with Gasteiger partial charge in [0, 0.05) is 22.5 Å². The molecule has 0 saturated carbocycles. The molecule has 1 N–H and O–H groups in total. The highest BCUT2D eigenvalue weighted by molar-refractivity contribution is 6.30. The number of urea groups is 1. The summed E-state index contributed by atoms with van der Waals surface area (Å²) in [5, 5.41) is 22.0. The third-order valence-electron chi connectivity index (χ3n) is 4.65. The predicted octanol–water partition coefficient (Wildman–Crippen LogP) is 4.80. The van der Waals surface area contributed by atoms with Gasteiger partial charge in [-0.2, -0.15) is 15.5 Å². The van der Waals surface area contributed by atoms with Crippen LogP contribution in [-0.2, 0) is 0 Å². The van der Waals surface area contributed by atoms with Crippen LogP contribution in [0.1, 0.15) is 17.2 Å². The summed E-state index contributed by atoms with van der Waals surface area (Å²) >= 11 is 5.97. The molecule has 2 amide bonds. The Labute approximate surface area is 190 Å². The van der Waals surface area contributed by atoms with E-state index in [2.05, 4.69) is 20.3 Å². The van der Waals surface area contributed by atoms with Crippen LogP contribution in [0.2, 0.25) is 5.02 Å². The van der Waals surface area contributed by atoms with Crippen molar-refractivity contribution in [2.24, 2.45) is 5.10 Å². The number of hydrogen-bond acceptors (Lipinski definition) is 5. The summed E-state index contributed by atoms with van der Waals surface area (Å²) in [5.74, 6) is -0.406. The van der Waals surface area contributed by atoms with Gasteiger partial charge in [-0.3, -0.25) is 4.68 Å². The van der Waals surface area contributed by atoms with E-state index in [9.17, 15) is 18.0 Å². The first-order chi connectivity index (χ1) is 15.7. The number of alkyl halides is 3. The number of nitrogens with one attached hydrogen (secondary N) is 1. The number of hydrazone groups is 1. The normalized spacial score (nSPS) is 15.7. The Morgan fingerprint density at radius 3 is 2.48 bits per heavy atom. The van der Waals surface area contributed by atoms with Crippen LogP contribution in [0.4, 0.5) is 23.7 Å². The highest BCUT2D eigenvalue weighted by atomic mass is 35.5. The molecular formula is C21H14ClF3N6O2. The van der Waals surface area contributed by atoms with E-state index in [1.54, 1.807) is 35.1 Å². The quantitative estimate of drug-likeness (QED) is 0.587. The number of carbonyl (C=O) groups is 1. The second kappa shape index (κ2) is 8.84. The molecule has 0 fully saturated rings. The lowest BCUT2D eigenvalue weighted by atomic mass is 10.0. The van der Waals surface area contributed by atoms with Crippen molar-refractivity contribution >= 4 is 29.0 Å². The summed E-state index contributed by atoms with van der Waals surface area (Å²) in [7, 11) is 0. The maximum atomic E-state index is 12.8. The highest BCUT2D eigenvalue weighted by Gasteiger charge is 2.33. The number of rotatable bonds is 4. The predicted molar refractivity (Wildman–Crippen MR) is 113 cm³/mol. The van der Waals surface area contributed by atoms with Crippen molar-refractivity contribution in [1.82, 2.24) is 14.8 Å². The van der Waals surface area contributed by atoms with E-state index in [0.717, 1.165) is 12.1 Å². The molecule has 1 unspecified atom stereocenters. The van der Waals surface area contributed by atoms with Crippen LogP contribution in [0.15, 0.2) is 66.0 Å². The van der Waals surface area contributed by atoms with Crippen molar-refractivity contribution in [3.63, 3.8) is 0 Å². The van der Waals surface area contributed by atoms with Gasteiger partial charge in [0.25, 0.3) is 0 Å². The van der Waals surface area contributed by atoms with Gasteiger partial charge in [-0.15, -0.1) is 13.2 Å². The molecule has 3 aromatic rings. The molecular weight excluding hydrogens is 461 g/mol. The molecule has 168 valence electrons. The Kier molecular flexibility index (Phi) is 5.93. The summed E-state index contributed by atoms with van der Waals surface area (Å²) < 4.78 is 42.3. The summed E-state index contributed by atoms with van der Waals surface area (Å²) in [6.45, 7) is 0.117. The van der Waals surface area contributed by atoms with Crippen molar-refractivity contribution in [3.05, 3.63) is 77.1 Å². The number of halogens is 4. The largest absolute Gasteiger partial charge is 0.573 e. The maximum Gasteiger partial charge on any atom is 0.573 e. The van der Waals surface area contributed by atoms with Gasteiger partial charge in [-0.05, 0) is 36.4 Å². The van der Waals surface area contributed by atoms with E-state index < -0.39 is 24.2 Å². The zero-order chi connectivity index (χ0) is 23.6. The first kappa shape index (κ1) is 22.2. The number of hydrogen-bond donors (Lipinski definition) is 1. The number of anilines is 1. The van der Waals surface area contributed by atoms with E-state index in [1.807, 2.05) is 6.07 Å². The van der Waals surface area contributed by atoms with Gasteiger partial charge in [-0.25, -0.2) is 9.80 Å². The lowest BCUT2D eigenvalue weighted by molar-refractivity contribution is -0.274. The molecule has 8 nitrogen and oxygen atoms in total. The standard InChI is InChI=1S/C21H14ClF3N6O2/c22-15-3-1-14(2-4-15)19-18(30-11-13(9-26)10-27-30)12-31(29-19)20(32)28-16-5-7-17(8-6-16)33-21(23,24)25/h1-8,10-11,18H,12H2,(H,28,32). The molecule has 2 aromatic carbocycles. The first-order valence-corrected chi connectivity index (χ1v) is 9.82. The van der Waals surface area contributed by atoms with Gasteiger partial charge >= 0.3 is 12.4 Å². The van der Waals surface area contributed by atoms with Crippen LogP contribution in [0.25, 0.3) is 0 Å². The van der Waals surface area contributed by atoms with Crippen LogP contribution in [-0.4, -0.2) is 39.4 Å². The lowest BCUT2D eigenvalue weighted by Gasteiger charge is -2.16. The molecule has 2 heterocycles.